The first-order valence-electron chi connectivity index (χ1n) is 13.2. The molecule has 3 atom stereocenters. The van der Waals surface area contributed by atoms with E-state index < -0.39 is 16.6 Å². The molecule has 6 heteroatoms. The van der Waals surface area contributed by atoms with Crippen LogP contribution in [0.25, 0.3) is 0 Å². The van der Waals surface area contributed by atoms with E-state index >= 15 is 0 Å². The summed E-state index contributed by atoms with van der Waals surface area (Å²) in [5.41, 5.74) is 2.15. The van der Waals surface area contributed by atoms with Gasteiger partial charge in [0.05, 0.1) is 11.7 Å². The molecule has 0 unspecified atom stereocenters. The maximum Gasteiger partial charge on any atom is 0.338 e. The Labute approximate surface area is 211 Å². The van der Waals surface area contributed by atoms with Gasteiger partial charge in [0.1, 0.15) is 6.10 Å². The Morgan fingerprint density at radius 1 is 0.941 bits per heavy atom. The Bertz CT molecular complexity index is 762. The summed E-state index contributed by atoms with van der Waals surface area (Å²) < 4.78 is 19.9. The monoisotopic (exact) mass is 506 g/mol. The highest BCUT2D eigenvalue weighted by Crippen LogP contribution is 2.46. The third kappa shape index (κ3) is 6.62. The Balaban J connectivity index is 2.26. The van der Waals surface area contributed by atoms with Gasteiger partial charge >= 0.3 is 5.97 Å². The molecule has 1 aromatic carbocycles. The highest BCUT2D eigenvalue weighted by atomic mass is 28.4. The Hall–Kier alpha value is -0.956. The van der Waals surface area contributed by atoms with Gasteiger partial charge in [0.2, 0.25) is 8.32 Å². The van der Waals surface area contributed by atoms with Gasteiger partial charge < -0.3 is 13.6 Å². The molecule has 0 radical (unpaired) electrons. The maximum atomic E-state index is 12.8. The second kappa shape index (κ2) is 11.4. The van der Waals surface area contributed by atoms with Crippen molar-refractivity contribution >= 4 is 22.6 Å². The van der Waals surface area contributed by atoms with Crippen LogP contribution in [0.2, 0.25) is 34.8 Å². The van der Waals surface area contributed by atoms with E-state index in [1.165, 1.54) is 0 Å². The second-order valence-corrected chi connectivity index (χ2v) is 22.9. The lowest BCUT2D eigenvalue weighted by Gasteiger charge is -2.45. The molecule has 0 amide bonds. The normalized spacial score (nSPS) is 22.1. The molecule has 0 aromatic heterocycles. The minimum absolute atomic E-state index is 0.0669. The molecule has 194 valence electrons. The van der Waals surface area contributed by atoms with E-state index in [1.54, 1.807) is 0 Å². The zero-order chi connectivity index (χ0) is 25.9. The van der Waals surface area contributed by atoms with E-state index in [0.29, 0.717) is 28.8 Å². The Kier molecular flexibility index (Phi) is 9.82. The maximum absolute atomic E-state index is 12.8. The fourth-order valence-electron chi connectivity index (χ4n) is 5.45. The molecule has 0 aliphatic heterocycles. The molecule has 2 rings (SSSR count). The van der Waals surface area contributed by atoms with Crippen molar-refractivity contribution in [3.05, 3.63) is 35.9 Å². The third-order valence-electron chi connectivity index (χ3n) is 8.40. The Morgan fingerprint density at radius 3 is 1.94 bits per heavy atom. The summed E-state index contributed by atoms with van der Waals surface area (Å²) in [5.74, 6) is 0.00113. The van der Waals surface area contributed by atoms with E-state index in [0.717, 1.165) is 12.8 Å². The van der Waals surface area contributed by atoms with Gasteiger partial charge in [-0.05, 0) is 53.3 Å². The predicted molar refractivity (Wildman–Crippen MR) is 147 cm³/mol. The summed E-state index contributed by atoms with van der Waals surface area (Å²) in [6.45, 7) is 26.1. The Morgan fingerprint density at radius 2 is 1.47 bits per heavy atom. The minimum Gasteiger partial charge on any atom is -0.459 e. The molecule has 0 bridgehead atoms. The molecule has 1 aliphatic rings. The lowest BCUT2D eigenvalue weighted by Crippen LogP contribution is -2.51. The predicted octanol–water partition coefficient (Wildman–Crippen LogP) is 8.20. The van der Waals surface area contributed by atoms with Crippen LogP contribution in [0.1, 0.15) is 85.5 Å². The molecule has 1 saturated carbocycles. The van der Waals surface area contributed by atoms with Crippen LogP contribution < -0.4 is 0 Å². The fraction of sp³-hybridized carbons (Fsp3) is 0.750. The molecule has 0 N–H and O–H groups in total. The van der Waals surface area contributed by atoms with Crippen LogP contribution in [0.5, 0.6) is 0 Å². The molecule has 1 aliphatic carbocycles. The summed E-state index contributed by atoms with van der Waals surface area (Å²) >= 11 is 0. The van der Waals surface area contributed by atoms with Gasteiger partial charge in [-0.15, -0.1) is 0 Å². The number of carbonyl (C=O) groups is 1. The minimum atomic E-state index is -2.06. The van der Waals surface area contributed by atoms with Crippen LogP contribution in [0.4, 0.5) is 0 Å². The molecule has 0 heterocycles. The third-order valence-corrected chi connectivity index (χ3v) is 19.0. The first-order chi connectivity index (χ1) is 15.6. The zero-order valence-electron chi connectivity index (χ0n) is 23.6. The summed E-state index contributed by atoms with van der Waals surface area (Å²) in [6.07, 6.45) is 1.49. The van der Waals surface area contributed by atoms with Crippen LogP contribution in [0, 0.1) is 5.92 Å². The van der Waals surface area contributed by atoms with Crippen molar-refractivity contribution in [1.29, 1.82) is 0 Å². The first-order valence-corrected chi connectivity index (χ1v) is 18.2. The molecule has 0 spiro atoms. The topological polar surface area (TPSA) is 44.8 Å². The average Bonchev–Trinajstić information content (AvgIpc) is 3.10. The van der Waals surface area contributed by atoms with E-state index in [9.17, 15) is 4.79 Å². The summed E-state index contributed by atoms with van der Waals surface area (Å²) in [7, 11) is -3.95. The van der Waals surface area contributed by atoms with Crippen molar-refractivity contribution in [2.75, 3.05) is 6.61 Å². The molecule has 4 nitrogen and oxygen atoms in total. The highest BCUT2D eigenvalue weighted by Gasteiger charge is 2.50. The zero-order valence-corrected chi connectivity index (χ0v) is 25.6. The van der Waals surface area contributed by atoms with E-state index in [1.807, 2.05) is 30.3 Å². The molecule has 34 heavy (non-hydrogen) atoms. The molecule has 0 saturated heterocycles. The summed E-state index contributed by atoms with van der Waals surface area (Å²) in [5, 5.41) is 0.160. The van der Waals surface area contributed by atoms with Gasteiger partial charge in [-0.1, -0.05) is 80.5 Å². The number of hydrogen-bond donors (Lipinski definition) is 0. The lowest BCUT2D eigenvalue weighted by atomic mass is 10.1. The molecular formula is C28H50O4Si2. The number of rotatable bonds is 10. The van der Waals surface area contributed by atoms with Gasteiger partial charge in [0.15, 0.2) is 8.32 Å². The number of hydrogen-bond acceptors (Lipinski definition) is 4. The summed E-state index contributed by atoms with van der Waals surface area (Å²) in [6, 6.07) is 9.30. The van der Waals surface area contributed by atoms with Crippen molar-refractivity contribution in [1.82, 2.24) is 0 Å². The number of carbonyl (C=O) groups excluding carboxylic acids is 1. The molecule has 1 aromatic rings. The van der Waals surface area contributed by atoms with Gasteiger partial charge in [0, 0.05) is 18.9 Å². The SMILES string of the molecule is CC(C)[Si](O[C@H]1C[C@@H](OC(=O)c2ccccc2)C[C@@H]1CO[Si](C)(C)C(C)(C)C)(C(C)C)C(C)C. The standard InChI is InChI=1S/C28H50O4Si2/c1-20(2)34(21(3)4,22(5)6)32-26-18-25(31-27(29)23-15-13-12-14-16-23)17-24(26)19-30-33(10,11)28(7,8)9/h12-16,20-22,24-26H,17-19H2,1-11H3/t24-,25+,26+/m1/s1. The first kappa shape index (κ1) is 29.3. The largest absolute Gasteiger partial charge is 0.459 e. The van der Waals surface area contributed by atoms with Crippen molar-refractivity contribution in [2.45, 2.75) is 122 Å². The van der Waals surface area contributed by atoms with Gasteiger partial charge in [-0.2, -0.15) is 0 Å². The van der Waals surface area contributed by atoms with Crippen molar-refractivity contribution < 1.29 is 18.4 Å². The highest BCUT2D eigenvalue weighted by molar-refractivity contribution is 6.77. The van der Waals surface area contributed by atoms with Crippen LogP contribution in [-0.4, -0.2) is 41.4 Å². The van der Waals surface area contributed by atoms with E-state index in [-0.39, 0.29) is 29.1 Å². The summed E-state index contributed by atoms with van der Waals surface area (Å²) in [4.78, 5) is 12.8. The van der Waals surface area contributed by atoms with Gasteiger partial charge in [0.25, 0.3) is 0 Å². The number of benzene rings is 1. The van der Waals surface area contributed by atoms with E-state index in [4.69, 9.17) is 13.6 Å². The van der Waals surface area contributed by atoms with Crippen LogP contribution in [0.3, 0.4) is 0 Å². The van der Waals surface area contributed by atoms with Crippen molar-refractivity contribution in [2.24, 2.45) is 5.92 Å². The molecule has 1 fully saturated rings. The second-order valence-electron chi connectivity index (χ2n) is 12.7. The molecular weight excluding hydrogens is 456 g/mol. The van der Waals surface area contributed by atoms with Gasteiger partial charge in [-0.3, -0.25) is 0 Å². The van der Waals surface area contributed by atoms with Crippen LogP contribution in [0.15, 0.2) is 30.3 Å². The van der Waals surface area contributed by atoms with Crippen molar-refractivity contribution in [3.63, 3.8) is 0 Å². The fourth-order valence-corrected chi connectivity index (χ4v) is 12.1. The number of esters is 1. The van der Waals surface area contributed by atoms with Gasteiger partial charge in [-0.25, -0.2) is 4.79 Å². The quantitative estimate of drug-likeness (QED) is 0.237. The van der Waals surface area contributed by atoms with Crippen molar-refractivity contribution in [3.8, 4) is 0 Å². The van der Waals surface area contributed by atoms with Crippen LogP contribution >= 0.6 is 0 Å². The smallest absolute Gasteiger partial charge is 0.338 e. The average molecular weight is 507 g/mol. The lowest BCUT2D eigenvalue weighted by molar-refractivity contribution is 0.0288. The van der Waals surface area contributed by atoms with E-state index in [2.05, 4.69) is 75.4 Å². The number of ether oxygens (including phenoxy) is 1. The van der Waals surface area contributed by atoms with Crippen LogP contribution in [-0.2, 0) is 13.6 Å².